The van der Waals surface area contributed by atoms with Crippen LogP contribution in [0, 0.1) is 0 Å². The zero-order valence-electron chi connectivity index (χ0n) is 18.4. The van der Waals surface area contributed by atoms with Crippen LogP contribution >= 0.6 is 11.8 Å². The van der Waals surface area contributed by atoms with Crippen molar-refractivity contribution < 1.29 is 18.3 Å². The van der Waals surface area contributed by atoms with E-state index in [4.69, 9.17) is 0 Å². The van der Waals surface area contributed by atoms with Gasteiger partial charge in [0.15, 0.2) is 0 Å². The van der Waals surface area contributed by atoms with Crippen LogP contribution in [0.3, 0.4) is 0 Å². The number of carbonyl (C=O) groups is 1. The molecule has 0 saturated carbocycles. The van der Waals surface area contributed by atoms with Crippen LogP contribution in [0.2, 0.25) is 0 Å². The molecule has 33 heavy (non-hydrogen) atoms. The van der Waals surface area contributed by atoms with E-state index in [9.17, 15) is 18.3 Å². The van der Waals surface area contributed by atoms with Crippen LogP contribution in [0.1, 0.15) is 29.5 Å². The quantitative estimate of drug-likeness (QED) is 0.477. The molecule has 7 heteroatoms. The zero-order valence-corrected chi connectivity index (χ0v) is 20.0. The molecule has 0 spiro atoms. The highest BCUT2D eigenvalue weighted by Gasteiger charge is 2.45. The number of carboxylic acids is 1. The number of sulfonamides is 1. The molecule has 1 fully saturated rings. The van der Waals surface area contributed by atoms with E-state index >= 15 is 0 Å². The summed E-state index contributed by atoms with van der Waals surface area (Å²) in [6.07, 6.45) is 1.45. The lowest BCUT2D eigenvalue weighted by Gasteiger charge is -2.37. The first-order valence-corrected chi connectivity index (χ1v) is 13.6. The lowest BCUT2D eigenvalue weighted by Crippen LogP contribution is -2.36. The Kier molecular flexibility index (Phi) is 6.93. The van der Waals surface area contributed by atoms with Gasteiger partial charge in [-0.05, 0) is 23.1 Å². The van der Waals surface area contributed by atoms with E-state index in [1.807, 2.05) is 54.6 Å². The van der Waals surface area contributed by atoms with Crippen molar-refractivity contribution in [2.24, 2.45) is 0 Å². The third-order valence-corrected chi connectivity index (χ3v) is 9.08. The van der Waals surface area contributed by atoms with E-state index in [0.29, 0.717) is 6.42 Å². The summed E-state index contributed by atoms with van der Waals surface area (Å²) in [6.45, 7) is 0.287. The highest BCUT2D eigenvalue weighted by Crippen LogP contribution is 2.52. The summed E-state index contributed by atoms with van der Waals surface area (Å²) in [5.74, 6) is -0.986. The number of thioether (sulfide) groups is 1. The number of hydrogen-bond donors (Lipinski definition) is 1. The van der Waals surface area contributed by atoms with Crippen molar-refractivity contribution in [3.05, 3.63) is 108 Å². The highest BCUT2D eigenvalue weighted by molar-refractivity contribution is 8.01. The van der Waals surface area contributed by atoms with E-state index in [0.717, 1.165) is 22.9 Å². The average molecular weight is 482 g/mol. The molecule has 3 aromatic rings. The number of aliphatic carboxylic acids is 1. The Morgan fingerprint density at radius 1 is 0.909 bits per heavy atom. The molecule has 1 aliphatic rings. The molecule has 0 amide bonds. The van der Waals surface area contributed by atoms with Gasteiger partial charge >= 0.3 is 5.97 Å². The van der Waals surface area contributed by atoms with Crippen molar-refractivity contribution in [1.82, 2.24) is 4.31 Å². The molecule has 0 radical (unpaired) electrons. The second-order valence-corrected chi connectivity index (χ2v) is 11.8. The predicted molar refractivity (Wildman–Crippen MR) is 133 cm³/mol. The number of rotatable bonds is 8. The average Bonchev–Trinajstić information content (AvgIpc) is 3.21. The first kappa shape index (κ1) is 23.5. The maximum Gasteiger partial charge on any atom is 0.304 e. The Morgan fingerprint density at radius 2 is 1.33 bits per heavy atom. The van der Waals surface area contributed by atoms with Crippen LogP contribution in [-0.2, 0) is 19.6 Å². The number of benzene rings is 3. The highest BCUT2D eigenvalue weighted by atomic mass is 32.2. The van der Waals surface area contributed by atoms with Crippen LogP contribution in [0.25, 0.3) is 0 Å². The summed E-state index contributed by atoms with van der Waals surface area (Å²) in [5.41, 5.74) is 3.29. The molecule has 4 rings (SSSR count). The molecule has 1 saturated heterocycles. The Labute approximate surface area is 199 Å². The summed E-state index contributed by atoms with van der Waals surface area (Å²) in [5, 5.41) is 9.30. The molecule has 3 aromatic carbocycles. The normalized spacial score (nSPS) is 19.4. The standard InChI is InChI=1S/C26H27NO4S2/c1-33(30,31)27-19-24(17-23(27)18-25(28)29)32-26(20-11-5-2-6-12-20,21-13-7-3-8-14-21)22-15-9-4-10-16-22/h2-16,23-24H,17-19H2,1H3,(H,28,29)/t23-,24+/m0/s1. The van der Waals surface area contributed by atoms with E-state index in [1.54, 1.807) is 11.8 Å². The van der Waals surface area contributed by atoms with E-state index in [1.165, 1.54) is 4.31 Å². The van der Waals surface area contributed by atoms with Gasteiger partial charge in [-0.2, -0.15) is 4.31 Å². The van der Waals surface area contributed by atoms with E-state index in [-0.39, 0.29) is 18.2 Å². The summed E-state index contributed by atoms with van der Waals surface area (Å²) in [6, 6.07) is 30.1. The number of carboxylic acid groups (broad SMARTS) is 1. The van der Waals surface area contributed by atoms with Crippen molar-refractivity contribution in [2.45, 2.75) is 28.9 Å². The molecule has 1 aliphatic heterocycles. The number of nitrogens with zero attached hydrogens (tertiary/aromatic N) is 1. The van der Waals surface area contributed by atoms with Gasteiger partial charge in [0.2, 0.25) is 10.0 Å². The van der Waals surface area contributed by atoms with Crippen molar-refractivity contribution in [3.8, 4) is 0 Å². The molecule has 0 aliphatic carbocycles. The maximum absolute atomic E-state index is 12.5. The fourth-order valence-electron chi connectivity index (χ4n) is 4.70. The molecule has 2 atom stereocenters. The summed E-state index contributed by atoms with van der Waals surface area (Å²) >= 11 is 1.71. The van der Waals surface area contributed by atoms with Crippen LogP contribution in [0.5, 0.6) is 0 Å². The van der Waals surface area contributed by atoms with Gasteiger partial charge in [0.1, 0.15) is 0 Å². The van der Waals surface area contributed by atoms with E-state index in [2.05, 4.69) is 36.4 Å². The van der Waals surface area contributed by atoms with E-state index < -0.39 is 26.8 Å². The molecular formula is C26H27NO4S2. The molecule has 1 heterocycles. The first-order chi connectivity index (χ1) is 15.8. The predicted octanol–water partition coefficient (Wildman–Crippen LogP) is 4.59. The van der Waals surface area contributed by atoms with Crippen LogP contribution in [0.4, 0.5) is 0 Å². The monoisotopic (exact) mass is 481 g/mol. The lowest BCUT2D eigenvalue weighted by atomic mass is 9.84. The van der Waals surface area contributed by atoms with Gasteiger partial charge in [0.25, 0.3) is 0 Å². The summed E-state index contributed by atoms with van der Waals surface area (Å²) in [4.78, 5) is 11.5. The third kappa shape index (κ3) is 5.00. The van der Waals surface area contributed by atoms with Gasteiger partial charge in [-0.15, -0.1) is 11.8 Å². The Bertz CT molecular complexity index is 1090. The fraction of sp³-hybridized carbons (Fsp3) is 0.269. The molecule has 0 unspecified atom stereocenters. The molecule has 172 valence electrons. The largest absolute Gasteiger partial charge is 0.481 e. The minimum absolute atomic E-state index is 0.0790. The number of hydrogen-bond acceptors (Lipinski definition) is 4. The van der Waals surface area contributed by atoms with Crippen molar-refractivity contribution >= 4 is 27.8 Å². The summed E-state index contributed by atoms with van der Waals surface area (Å²) < 4.78 is 25.7. The Balaban J connectivity index is 1.83. The minimum atomic E-state index is -3.52. The summed E-state index contributed by atoms with van der Waals surface area (Å²) in [7, 11) is -3.52. The second kappa shape index (κ2) is 9.71. The minimum Gasteiger partial charge on any atom is -0.481 e. The smallest absolute Gasteiger partial charge is 0.304 e. The van der Waals surface area contributed by atoms with Crippen molar-refractivity contribution in [1.29, 1.82) is 0 Å². The zero-order chi connectivity index (χ0) is 23.5. The van der Waals surface area contributed by atoms with Crippen molar-refractivity contribution in [3.63, 3.8) is 0 Å². The second-order valence-electron chi connectivity index (χ2n) is 8.34. The van der Waals surface area contributed by atoms with Crippen LogP contribution in [-0.4, -0.2) is 47.9 Å². The van der Waals surface area contributed by atoms with Gasteiger partial charge < -0.3 is 5.11 Å². The van der Waals surface area contributed by atoms with Gasteiger partial charge in [0.05, 0.1) is 17.4 Å². The van der Waals surface area contributed by atoms with Gasteiger partial charge in [0, 0.05) is 17.8 Å². The molecule has 5 nitrogen and oxygen atoms in total. The molecule has 0 aromatic heterocycles. The molecular weight excluding hydrogens is 454 g/mol. The van der Waals surface area contributed by atoms with Gasteiger partial charge in [-0.1, -0.05) is 91.0 Å². The molecule has 0 bridgehead atoms. The van der Waals surface area contributed by atoms with Crippen LogP contribution < -0.4 is 0 Å². The van der Waals surface area contributed by atoms with Crippen LogP contribution in [0.15, 0.2) is 91.0 Å². The lowest BCUT2D eigenvalue weighted by molar-refractivity contribution is -0.137. The fourth-order valence-corrected chi connectivity index (χ4v) is 7.81. The van der Waals surface area contributed by atoms with Gasteiger partial charge in [-0.25, -0.2) is 8.42 Å². The third-order valence-electron chi connectivity index (χ3n) is 6.05. The molecule has 1 N–H and O–H groups in total. The van der Waals surface area contributed by atoms with Gasteiger partial charge in [-0.3, -0.25) is 4.79 Å². The maximum atomic E-state index is 12.5. The topological polar surface area (TPSA) is 74.7 Å². The Hall–Kier alpha value is -2.61. The first-order valence-electron chi connectivity index (χ1n) is 10.8. The van der Waals surface area contributed by atoms with Crippen molar-refractivity contribution in [2.75, 3.05) is 12.8 Å². The SMILES string of the molecule is CS(=O)(=O)N1C[C@H](SC(c2ccccc2)(c2ccccc2)c2ccccc2)C[C@H]1CC(=O)O. The Morgan fingerprint density at radius 3 is 1.70 bits per heavy atom.